The van der Waals surface area contributed by atoms with E-state index in [9.17, 15) is 9.59 Å². The molecule has 0 aliphatic carbocycles. The molecule has 2 N–H and O–H groups in total. The smallest absolute Gasteiger partial charge is 0.251 e. The van der Waals surface area contributed by atoms with Gasteiger partial charge in [0.15, 0.2) is 0 Å². The Morgan fingerprint density at radius 3 is 2.04 bits per heavy atom. The van der Waals surface area contributed by atoms with Crippen molar-refractivity contribution in [1.82, 2.24) is 5.32 Å². The second-order valence-corrected chi connectivity index (χ2v) is 6.79. The number of carbonyl (C=O) groups is 2. The van der Waals surface area contributed by atoms with Crippen LogP contribution in [0.15, 0.2) is 42.5 Å². The van der Waals surface area contributed by atoms with Gasteiger partial charge in [-0.05, 0) is 67.3 Å². The van der Waals surface area contributed by atoms with Gasteiger partial charge in [0.2, 0.25) is 5.91 Å². The minimum Gasteiger partial charge on any atom is -0.497 e. The second-order valence-electron chi connectivity index (χ2n) is 6.79. The fourth-order valence-electron chi connectivity index (χ4n) is 2.77. The van der Waals surface area contributed by atoms with Crippen LogP contribution >= 0.6 is 0 Å². The van der Waals surface area contributed by atoms with Crippen molar-refractivity contribution in [3.8, 4) is 5.75 Å². The summed E-state index contributed by atoms with van der Waals surface area (Å²) < 4.78 is 5.10. The van der Waals surface area contributed by atoms with Gasteiger partial charge in [0.05, 0.1) is 7.11 Å². The van der Waals surface area contributed by atoms with Crippen LogP contribution in [0.25, 0.3) is 0 Å². The first kappa shape index (κ1) is 19.5. The number of hydrogen-bond acceptors (Lipinski definition) is 3. The highest BCUT2D eigenvalue weighted by Crippen LogP contribution is 2.16. The summed E-state index contributed by atoms with van der Waals surface area (Å²) in [4.78, 5) is 25.2. The number of rotatable bonds is 6. The summed E-state index contributed by atoms with van der Waals surface area (Å²) >= 11 is 0. The highest BCUT2D eigenvalue weighted by Gasteiger charge is 2.25. The fraction of sp³-hybridized carbons (Fsp3) is 0.333. The highest BCUT2D eigenvalue weighted by atomic mass is 16.5. The van der Waals surface area contributed by atoms with Crippen LogP contribution in [-0.2, 0) is 4.79 Å². The lowest BCUT2D eigenvalue weighted by Crippen LogP contribution is -2.47. The van der Waals surface area contributed by atoms with E-state index in [1.54, 1.807) is 31.4 Å². The van der Waals surface area contributed by atoms with E-state index in [0.29, 0.717) is 11.3 Å². The Morgan fingerprint density at radius 2 is 1.54 bits per heavy atom. The first-order valence-corrected chi connectivity index (χ1v) is 8.64. The molecule has 0 radical (unpaired) electrons. The number of methoxy groups -OCH3 is 1. The van der Waals surface area contributed by atoms with Crippen molar-refractivity contribution in [2.45, 2.75) is 33.7 Å². The molecule has 0 saturated heterocycles. The molecule has 26 heavy (non-hydrogen) atoms. The van der Waals surface area contributed by atoms with Crippen molar-refractivity contribution < 1.29 is 14.3 Å². The van der Waals surface area contributed by atoms with E-state index in [4.69, 9.17) is 4.74 Å². The van der Waals surface area contributed by atoms with E-state index in [1.165, 1.54) is 0 Å². The van der Waals surface area contributed by atoms with Crippen molar-refractivity contribution in [1.29, 1.82) is 0 Å². The van der Waals surface area contributed by atoms with Gasteiger partial charge in [-0.3, -0.25) is 9.59 Å². The predicted molar refractivity (Wildman–Crippen MR) is 104 cm³/mol. The number of amides is 2. The van der Waals surface area contributed by atoms with Crippen LogP contribution in [0.1, 0.15) is 35.3 Å². The summed E-state index contributed by atoms with van der Waals surface area (Å²) in [5, 5.41) is 5.73. The molecule has 2 amide bonds. The molecule has 0 heterocycles. The Balaban J connectivity index is 2.11. The third-order valence-corrected chi connectivity index (χ3v) is 4.08. The normalized spacial score (nSPS) is 11.8. The van der Waals surface area contributed by atoms with Crippen LogP contribution in [0.2, 0.25) is 0 Å². The van der Waals surface area contributed by atoms with Crippen molar-refractivity contribution in [3.05, 3.63) is 59.2 Å². The van der Waals surface area contributed by atoms with Crippen LogP contribution in [0.3, 0.4) is 0 Å². The molecule has 1 atom stereocenters. The Morgan fingerprint density at radius 1 is 0.962 bits per heavy atom. The zero-order chi connectivity index (χ0) is 19.3. The van der Waals surface area contributed by atoms with Crippen molar-refractivity contribution in [3.63, 3.8) is 0 Å². The topological polar surface area (TPSA) is 67.4 Å². The van der Waals surface area contributed by atoms with Crippen molar-refractivity contribution in [2.24, 2.45) is 5.92 Å². The minimum absolute atomic E-state index is 0.0527. The van der Waals surface area contributed by atoms with Crippen LogP contribution in [0.4, 0.5) is 5.69 Å². The summed E-state index contributed by atoms with van der Waals surface area (Å²) in [5.41, 5.74) is 3.36. The largest absolute Gasteiger partial charge is 0.497 e. The molecule has 0 aliphatic rings. The Kier molecular flexibility index (Phi) is 6.39. The molecule has 5 heteroatoms. The summed E-state index contributed by atoms with van der Waals surface area (Å²) in [6.45, 7) is 7.77. The molecule has 0 saturated carbocycles. The van der Waals surface area contributed by atoms with Crippen molar-refractivity contribution in [2.75, 3.05) is 12.4 Å². The van der Waals surface area contributed by atoms with E-state index in [1.807, 2.05) is 45.9 Å². The first-order valence-electron chi connectivity index (χ1n) is 8.64. The summed E-state index contributed by atoms with van der Waals surface area (Å²) in [5.74, 6) is 0.103. The fourth-order valence-corrected chi connectivity index (χ4v) is 2.77. The molecule has 2 rings (SSSR count). The molecule has 2 aromatic rings. The lowest BCUT2D eigenvalue weighted by molar-refractivity contribution is -0.118. The third-order valence-electron chi connectivity index (χ3n) is 4.08. The monoisotopic (exact) mass is 354 g/mol. The van der Waals surface area contributed by atoms with Crippen LogP contribution in [0, 0.1) is 19.8 Å². The van der Waals surface area contributed by atoms with Gasteiger partial charge in [-0.25, -0.2) is 0 Å². The zero-order valence-electron chi connectivity index (χ0n) is 15.9. The molecule has 0 aromatic heterocycles. The Bertz CT molecular complexity index is 762. The maximum atomic E-state index is 12.7. The number of anilines is 1. The molecule has 0 bridgehead atoms. The zero-order valence-corrected chi connectivity index (χ0v) is 15.9. The second kappa shape index (κ2) is 8.52. The molecule has 0 fully saturated rings. The number of aryl methyl sites for hydroxylation is 2. The standard InChI is InChI=1S/C21H26N2O3/c1-13(2)19(21(25)22-17-11-14(3)10-15(4)12-17)23-20(24)16-6-8-18(26-5)9-7-16/h6-13,19H,1-5H3,(H,22,25)(H,23,24). The lowest BCUT2D eigenvalue weighted by Gasteiger charge is -2.22. The lowest BCUT2D eigenvalue weighted by atomic mass is 10.0. The molecule has 1 unspecified atom stereocenters. The van der Waals surface area contributed by atoms with E-state index in [0.717, 1.165) is 16.8 Å². The van der Waals surface area contributed by atoms with E-state index in [2.05, 4.69) is 10.6 Å². The van der Waals surface area contributed by atoms with Crippen LogP contribution in [0.5, 0.6) is 5.75 Å². The van der Waals surface area contributed by atoms with Gasteiger partial charge in [-0.2, -0.15) is 0 Å². The Hall–Kier alpha value is -2.82. The molecule has 0 spiro atoms. The van der Waals surface area contributed by atoms with Gasteiger partial charge < -0.3 is 15.4 Å². The summed E-state index contributed by atoms with van der Waals surface area (Å²) in [6.07, 6.45) is 0. The molecule has 5 nitrogen and oxygen atoms in total. The highest BCUT2D eigenvalue weighted by molar-refractivity contribution is 6.01. The average molecular weight is 354 g/mol. The molecule has 2 aromatic carbocycles. The number of nitrogens with one attached hydrogen (secondary N) is 2. The number of ether oxygens (including phenoxy) is 1. The quantitative estimate of drug-likeness (QED) is 0.831. The first-order chi connectivity index (χ1) is 12.3. The van der Waals surface area contributed by atoms with Gasteiger partial charge in [0.1, 0.15) is 11.8 Å². The Labute approximate surface area is 154 Å². The van der Waals surface area contributed by atoms with Crippen LogP contribution < -0.4 is 15.4 Å². The van der Waals surface area contributed by atoms with E-state index < -0.39 is 6.04 Å². The van der Waals surface area contributed by atoms with Gasteiger partial charge in [0.25, 0.3) is 5.91 Å². The maximum absolute atomic E-state index is 12.7. The molecule has 138 valence electrons. The number of carbonyl (C=O) groups excluding carboxylic acids is 2. The minimum atomic E-state index is -0.634. The maximum Gasteiger partial charge on any atom is 0.251 e. The van der Waals surface area contributed by atoms with Gasteiger partial charge in [-0.1, -0.05) is 19.9 Å². The van der Waals surface area contributed by atoms with E-state index in [-0.39, 0.29) is 17.7 Å². The average Bonchev–Trinajstić information content (AvgIpc) is 2.58. The SMILES string of the molecule is COc1ccc(C(=O)NC(C(=O)Nc2cc(C)cc(C)c2)C(C)C)cc1. The van der Waals surface area contributed by atoms with Crippen LogP contribution in [-0.4, -0.2) is 25.0 Å². The van der Waals surface area contributed by atoms with Gasteiger partial charge >= 0.3 is 0 Å². The number of hydrogen-bond donors (Lipinski definition) is 2. The summed E-state index contributed by atoms with van der Waals surface area (Å²) in [7, 11) is 1.57. The molecular formula is C21H26N2O3. The molecular weight excluding hydrogens is 328 g/mol. The number of benzene rings is 2. The van der Waals surface area contributed by atoms with Crippen molar-refractivity contribution >= 4 is 17.5 Å². The van der Waals surface area contributed by atoms with E-state index >= 15 is 0 Å². The molecule has 0 aliphatic heterocycles. The van der Waals surface area contributed by atoms with Gasteiger partial charge in [0, 0.05) is 11.3 Å². The van der Waals surface area contributed by atoms with Gasteiger partial charge in [-0.15, -0.1) is 0 Å². The predicted octanol–water partition coefficient (Wildman–Crippen LogP) is 3.71. The third kappa shape index (κ3) is 5.09. The summed E-state index contributed by atoms with van der Waals surface area (Å²) in [6, 6.07) is 12.0.